The summed E-state index contributed by atoms with van der Waals surface area (Å²) in [5.74, 6) is -0.581. The van der Waals surface area contributed by atoms with Crippen LogP contribution in [0.3, 0.4) is 0 Å². The number of hydrogen-bond acceptors (Lipinski definition) is 7. The van der Waals surface area contributed by atoms with Gasteiger partial charge in [-0.2, -0.15) is 0 Å². The molecule has 0 bridgehead atoms. The van der Waals surface area contributed by atoms with Crippen molar-refractivity contribution in [3.05, 3.63) is 32.7 Å². The van der Waals surface area contributed by atoms with Crippen molar-refractivity contribution in [3.8, 4) is 11.5 Å². The number of aromatic hydroxyl groups is 1. The van der Waals surface area contributed by atoms with E-state index in [1.165, 1.54) is 24.1 Å². The zero-order valence-corrected chi connectivity index (χ0v) is 13.4. The minimum Gasteiger partial charge on any atom is -0.504 e. The quantitative estimate of drug-likeness (QED) is 0.389. The van der Waals surface area contributed by atoms with Crippen LogP contribution in [0.1, 0.15) is 12.5 Å². The molecule has 0 aliphatic carbocycles. The molecule has 0 aromatic heterocycles. The van der Waals surface area contributed by atoms with Crippen LogP contribution in [0, 0.1) is 10.1 Å². The van der Waals surface area contributed by atoms with Gasteiger partial charge in [0.05, 0.1) is 22.5 Å². The average molecular weight is 340 g/mol. The highest BCUT2D eigenvalue weighted by Crippen LogP contribution is 2.39. The molecular formula is C13H12N2O5S2. The number of ether oxygens (including phenoxy) is 1. The first-order valence-corrected chi connectivity index (χ1v) is 7.43. The Morgan fingerprint density at radius 2 is 2.23 bits per heavy atom. The third kappa shape index (κ3) is 3.04. The molecule has 1 fully saturated rings. The fourth-order valence-corrected chi connectivity index (χ4v) is 2.95. The van der Waals surface area contributed by atoms with E-state index in [9.17, 15) is 20.0 Å². The predicted molar refractivity (Wildman–Crippen MR) is 86.9 cm³/mol. The number of nitro benzene ring substituents is 1. The van der Waals surface area contributed by atoms with Crippen molar-refractivity contribution in [2.75, 3.05) is 13.7 Å². The summed E-state index contributed by atoms with van der Waals surface area (Å²) in [6.07, 6.45) is 1.37. The summed E-state index contributed by atoms with van der Waals surface area (Å²) in [5, 5.41) is 21.1. The summed E-state index contributed by atoms with van der Waals surface area (Å²) in [4.78, 5) is 23.9. The Morgan fingerprint density at radius 3 is 2.73 bits per heavy atom. The number of amides is 1. The molecule has 9 heteroatoms. The Hall–Kier alpha value is -2.13. The first-order valence-electron chi connectivity index (χ1n) is 6.21. The van der Waals surface area contributed by atoms with E-state index in [1.807, 2.05) is 0 Å². The van der Waals surface area contributed by atoms with Crippen molar-refractivity contribution in [1.29, 1.82) is 0 Å². The topological polar surface area (TPSA) is 92.9 Å². The maximum atomic E-state index is 12.0. The summed E-state index contributed by atoms with van der Waals surface area (Å²) < 4.78 is 5.57. The van der Waals surface area contributed by atoms with Crippen LogP contribution in [0.4, 0.5) is 5.69 Å². The Labute approximate surface area is 135 Å². The number of phenolic OH excluding ortho intramolecular Hbond substituents is 1. The molecule has 0 unspecified atom stereocenters. The lowest BCUT2D eigenvalue weighted by Crippen LogP contribution is -2.22. The molecule has 1 saturated heterocycles. The first kappa shape index (κ1) is 16.2. The van der Waals surface area contributed by atoms with Crippen molar-refractivity contribution in [3.63, 3.8) is 0 Å². The number of thioether (sulfide) groups is 1. The van der Waals surface area contributed by atoms with E-state index >= 15 is 0 Å². The third-order valence-electron chi connectivity index (χ3n) is 2.87. The Balaban J connectivity index is 2.53. The van der Waals surface area contributed by atoms with Gasteiger partial charge in [0.2, 0.25) is 0 Å². The van der Waals surface area contributed by atoms with Gasteiger partial charge in [-0.25, -0.2) is 0 Å². The molecule has 0 radical (unpaired) electrons. The number of non-ortho nitro benzene ring substituents is 1. The molecule has 22 heavy (non-hydrogen) atoms. The second-order valence-corrected chi connectivity index (χ2v) is 5.99. The normalized spacial score (nSPS) is 16.5. The van der Waals surface area contributed by atoms with E-state index in [1.54, 1.807) is 6.92 Å². The van der Waals surface area contributed by atoms with E-state index in [2.05, 4.69) is 0 Å². The van der Waals surface area contributed by atoms with Crippen molar-refractivity contribution in [1.82, 2.24) is 4.90 Å². The van der Waals surface area contributed by atoms with Crippen LogP contribution < -0.4 is 4.74 Å². The van der Waals surface area contributed by atoms with Gasteiger partial charge >= 0.3 is 0 Å². The maximum Gasteiger partial charge on any atom is 0.274 e. The summed E-state index contributed by atoms with van der Waals surface area (Å²) in [6.45, 7) is 1.94. The molecule has 1 heterocycles. The van der Waals surface area contributed by atoms with Gasteiger partial charge in [0.25, 0.3) is 11.6 Å². The number of nitrogens with zero attached hydrogens (tertiary/aromatic N) is 2. The molecule has 1 amide bonds. The largest absolute Gasteiger partial charge is 0.504 e. The standard InChI is InChI=1S/C13H12N2O5S2/c1-3-20-9-6-8(15(18)19)4-7(11(9)16)5-10-12(17)14(2)13(21)22-10/h4-6,16H,3H2,1-2H3/b10-5+. The summed E-state index contributed by atoms with van der Waals surface area (Å²) >= 11 is 6.08. The van der Waals surface area contributed by atoms with Crippen molar-refractivity contribution in [2.45, 2.75) is 6.92 Å². The van der Waals surface area contributed by atoms with Gasteiger partial charge in [-0.1, -0.05) is 24.0 Å². The number of carbonyl (C=O) groups is 1. The highest BCUT2D eigenvalue weighted by molar-refractivity contribution is 8.26. The van der Waals surface area contributed by atoms with Crippen LogP contribution in [0.25, 0.3) is 6.08 Å². The lowest BCUT2D eigenvalue weighted by Gasteiger charge is -2.08. The molecule has 0 atom stereocenters. The predicted octanol–water partition coefficient (Wildman–Crippen LogP) is 2.53. The second-order valence-electron chi connectivity index (χ2n) is 4.31. The van der Waals surface area contributed by atoms with Crippen LogP contribution in [0.15, 0.2) is 17.0 Å². The minimum atomic E-state index is -0.593. The van der Waals surface area contributed by atoms with Gasteiger partial charge in [-0.15, -0.1) is 0 Å². The first-order chi connectivity index (χ1) is 10.3. The molecule has 116 valence electrons. The maximum absolute atomic E-state index is 12.0. The zero-order valence-electron chi connectivity index (χ0n) is 11.7. The summed E-state index contributed by atoms with van der Waals surface area (Å²) in [7, 11) is 1.54. The van der Waals surface area contributed by atoms with Crippen molar-refractivity contribution in [2.24, 2.45) is 0 Å². The monoisotopic (exact) mass is 340 g/mol. The van der Waals surface area contributed by atoms with E-state index < -0.39 is 4.92 Å². The summed E-state index contributed by atoms with van der Waals surface area (Å²) in [5.41, 5.74) is -0.105. The number of benzene rings is 1. The van der Waals surface area contributed by atoms with Crippen molar-refractivity contribution >= 4 is 46.0 Å². The van der Waals surface area contributed by atoms with Gasteiger partial charge in [-0.05, 0) is 13.0 Å². The fourth-order valence-electron chi connectivity index (χ4n) is 1.78. The molecule has 2 rings (SSSR count). The van der Waals surface area contributed by atoms with Gasteiger partial charge in [-0.3, -0.25) is 19.8 Å². The van der Waals surface area contributed by atoms with Crippen molar-refractivity contribution < 1.29 is 19.6 Å². The molecule has 1 aliphatic heterocycles. The van der Waals surface area contributed by atoms with Gasteiger partial charge in [0.1, 0.15) is 4.32 Å². The van der Waals surface area contributed by atoms with E-state index in [0.29, 0.717) is 4.32 Å². The number of hydrogen-bond donors (Lipinski definition) is 1. The third-order valence-corrected chi connectivity index (χ3v) is 4.36. The number of likely N-dealkylation sites (N-methyl/N-ethyl adjacent to an activating group) is 1. The highest BCUT2D eigenvalue weighted by atomic mass is 32.2. The Bertz CT molecular complexity index is 702. The van der Waals surface area contributed by atoms with E-state index in [0.717, 1.165) is 17.8 Å². The van der Waals surface area contributed by atoms with Crippen LogP contribution in [0.5, 0.6) is 11.5 Å². The van der Waals surface area contributed by atoms with Gasteiger partial charge in [0, 0.05) is 18.7 Å². The number of rotatable bonds is 4. The molecule has 1 N–H and O–H groups in total. The van der Waals surface area contributed by atoms with E-state index in [-0.39, 0.29) is 40.2 Å². The van der Waals surface area contributed by atoms with Crippen LogP contribution in [-0.2, 0) is 4.79 Å². The number of nitro groups is 1. The smallest absolute Gasteiger partial charge is 0.274 e. The van der Waals surface area contributed by atoms with Crippen LogP contribution >= 0.6 is 24.0 Å². The molecule has 1 aliphatic rings. The van der Waals surface area contributed by atoms with E-state index in [4.69, 9.17) is 17.0 Å². The number of carbonyl (C=O) groups excluding carboxylic acids is 1. The highest BCUT2D eigenvalue weighted by Gasteiger charge is 2.29. The number of thiocarbonyl (C=S) groups is 1. The Kier molecular flexibility index (Phi) is 4.67. The molecule has 1 aromatic rings. The lowest BCUT2D eigenvalue weighted by molar-refractivity contribution is -0.385. The van der Waals surface area contributed by atoms with Gasteiger partial charge < -0.3 is 9.84 Å². The average Bonchev–Trinajstić information content (AvgIpc) is 2.70. The minimum absolute atomic E-state index is 0.00470. The molecule has 7 nitrogen and oxygen atoms in total. The van der Waals surface area contributed by atoms with Gasteiger partial charge in [0.15, 0.2) is 11.5 Å². The Morgan fingerprint density at radius 1 is 1.55 bits per heavy atom. The molecule has 0 spiro atoms. The fraction of sp³-hybridized carbons (Fsp3) is 0.231. The lowest BCUT2D eigenvalue weighted by atomic mass is 10.1. The SMILES string of the molecule is CCOc1cc([N+](=O)[O-])cc(/C=C2/SC(=S)N(C)C2=O)c1O. The van der Waals surface area contributed by atoms with Crippen LogP contribution in [0.2, 0.25) is 0 Å². The number of phenols is 1. The zero-order chi connectivity index (χ0) is 16.4. The molecule has 0 saturated carbocycles. The van der Waals surface area contributed by atoms with Crippen LogP contribution in [-0.4, -0.2) is 38.8 Å². The second kappa shape index (κ2) is 6.32. The molecular weight excluding hydrogens is 328 g/mol. The summed E-state index contributed by atoms with van der Waals surface area (Å²) in [6, 6.07) is 2.32. The molecule has 1 aromatic carbocycles.